The molecule has 0 spiro atoms. The Morgan fingerprint density at radius 1 is 1.12 bits per heavy atom. The van der Waals surface area contributed by atoms with E-state index < -0.39 is 11.7 Å². The van der Waals surface area contributed by atoms with Crippen molar-refractivity contribution in [2.75, 3.05) is 5.32 Å². The molecule has 3 aromatic rings. The molecule has 0 fully saturated rings. The Bertz CT molecular complexity index is 952. The Labute approximate surface area is 150 Å². The minimum absolute atomic E-state index is 0.0404. The van der Waals surface area contributed by atoms with Crippen molar-refractivity contribution in [1.29, 1.82) is 0 Å². The molecule has 2 heterocycles. The van der Waals surface area contributed by atoms with Crippen molar-refractivity contribution in [3.63, 3.8) is 0 Å². The summed E-state index contributed by atoms with van der Waals surface area (Å²) in [5.74, 6) is 0.414. The van der Waals surface area contributed by atoms with Crippen molar-refractivity contribution in [3.05, 3.63) is 45.6 Å². The molecule has 0 atom stereocenters. The summed E-state index contributed by atoms with van der Waals surface area (Å²) >= 11 is 7.35. The van der Waals surface area contributed by atoms with Gasteiger partial charge in [-0.05, 0) is 49.4 Å². The zero-order valence-corrected chi connectivity index (χ0v) is 14.5. The fourth-order valence-corrected chi connectivity index (χ4v) is 4.57. The summed E-state index contributed by atoms with van der Waals surface area (Å²) in [6, 6.07) is 3.68. The van der Waals surface area contributed by atoms with E-state index in [4.69, 9.17) is 11.6 Å². The fourth-order valence-electron chi connectivity index (χ4n) is 3.17. The standard InChI is InChI=1S/C17H13ClF3N3S/c18-9-5-6-12(11(7-9)17(19,20)21)24-15-14-10-3-1-2-4-13(10)25-16(14)23-8-22-15/h5-8H,1-4H2,(H,22,23,24). The van der Waals surface area contributed by atoms with E-state index in [9.17, 15) is 13.2 Å². The van der Waals surface area contributed by atoms with Crippen LogP contribution in [-0.4, -0.2) is 9.97 Å². The molecule has 1 aromatic carbocycles. The van der Waals surface area contributed by atoms with Gasteiger partial charge in [0.2, 0.25) is 0 Å². The number of hydrogen-bond donors (Lipinski definition) is 1. The van der Waals surface area contributed by atoms with Gasteiger partial charge in [-0.2, -0.15) is 13.2 Å². The Balaban J connectivity index is 1.84. The van der Waals surface area contributed by atoms with Crippen molar-refractivity contribution >= 4 is 44.7 Å². The van der Waals surface area contributed by atoms with Crippen molar-refractivity contribution in [2.45, 2.75) is 31.9 Å². The molecule has 0 aliphatic heterocycles. The second-order valence-electron chi connectivity index (χ2n) is 5.93. The van der Waals surface area contributed by atoms with Crippen LogP contribution in [0.15, 0.2) is 24.5 Å². The minimum Gasteiger partial charge on any atom is -0.339 e. The highest BCUT2D eigenvalue weighted by atomic mass is 35.5. The molecule has 3 nitrogen and oxygen atoms in total. The van der Waals surface area contributed by atoms with E-state index in [-0.39, 0.29) is 10.7 Å². The number of nitrogens with one attached hydrogen (secondary N) is 1. The summed E-state index contributed by atoms with van der Waals surface area (Å²) in [4.78, 5) is 10.6. The van der Waals surface area contributed by atoms with Gasteiger partial charge in [0.05, 0.1) is 16.6 Å². The molecule has 25 heavy (non-hydrogen) atoms. The number of hydrogen-bond acceptors (Lipinski definition) is 4. The van der Waals surface area contributed by atoms with Crippen LogP contribution in [-0.2, 0) is 19.0 Å². The molecule has 0 bridgehead atoms. The van der Waals surface area contributed by atoms with E-state index in [2.05, 4.69) is 15.3 Å². The maximum absolute atomic E-state index is 13.3. The highest BCUT2D eigenvalue weighted by Crippen LogP contribution is 2.41. The van der Waals surface area contributed by atoms with E-state index in [1.54, 1.807) is 11.3 Å². The number of anilines is 2. The summed E-state index contributed by atoms with van der Waals surface area (Å²) in [5, 5.41) is 3.74. The molecule has 130 valence electrons. The maximum atomic E-state index is 13.3. The lowest BCUT2D eigenvalue weighted by atomic mass is 9.97. The third-order valence-corrected chi connectivity index (χ3v) is 5.73. The monoisotopic (exact) mass is 383 g/mol. The number of nitrogens with zero attached hydrogens (tertiary/aromatic N) is 2. The molecule has 0 amide bonds. The molecule has 1 aliphatic rings. The van der Waals surface area contributed by atoms with Crippen molar-refractivity contribution in [2.24, 2.45) is 0 Å². The van der Waals surface area contributed by atoms with Crippen LogP contribution < -0.4 is 5.32 Å². The van der Waals surface area contributed by atoms with Crippen molar-refractivity contribution in [3.8, 4) is 0 Å². The van der Waals surface area contributed by atoms with Gasteiger partial charge < -0.3 is 5.32 Å². The van der Waals surface area contributed by atoms with Gasteiger partial charge in [0.1, 0.15) is 17.0 Å². The number of halogens is 4. The molecule has 4 rings (SSSR count). The third-order valence-electron chi connectivity index (χ3n) is 4.29. The molecule has 2 aromatic heterocycles. The zero-order chi connectivity index (χ0) is 17.6. The van der Waals surface area contributed by atoms with Crippen LogP contribution in [0.5, 0.6) is 0 Å². The molecule has 0 unspecified atom stereocenters. The van der Waals surface area contributed by atoms with Crippen LogP contribution in [0.25, 0.3) is 10.2 Å². The van der Waals surface area contributed by atoms with Gasteiger partial charge in [-0.15, -0.1) is 11.3 Å². The Hall–Kier alpha value is -1.86. The Morgan fingerprint density at radius 2 is 1.92 bits per heavy atom. The first kappa shape index (κ1) is 16.6. The summed E-state index contributed by atoms with van der Waals surface area (Å²) < 4.78 is 40.0. The normalized spacial score (nSPS) is 14.6. The third kappa shape index (κ3) is 3.06. The zero-order valence-electron chi connectivity index (χ0n) is 13.0. The minimum atomic E-state index is -4.51. The van der Waals surface area contributed by atoms with E-state index in [0.29, 0.717) is 5.82 Å². The number of thiophene rings is 1. The van der Waals surface area contributed by atoms with Gasteiger partial charge in [-0.1, -0.05) is 11.6 Å². The van der Waals surface area contributed by atoms with Crippen LogP contribution in [0.2, 0.25) is 5.02 Å². The fraction of sp³-hybridized carbons (Fsp3) is 0.294. The molecule has 8 heteroatoms. The van der Waals surface area contributed by atoms with E-state index in [1.807, 2.05) is 0 Å². The molecular formula is C17H13ClF3N3S. The number of aryl methyl sites for hydroxylation is 2. The summed E-state index contributed by atoms with van der Waals surface area (Å²) in [6.07, 6.45) is 0.977. The van der Waals surface area contributed by atoms with Gasteiger partial charge >= 0.3 is 6.18 Å². The summed E-state index contributed by atoms with van der Waals surface area (Å²) in [7, 11) is 0. The van der Waals surface area contributed by atoms with Gasteiger partial charge in [0, 0.05) is 9.90 Å². The van der Waals surface area contributed by atoms with Crippen LogP contribution >= 0.6 is 22.9 Å². The van der Waals surface area contributed by atoms with Crippen LogP contribution in [0, 0.1) is 0 Å². The first-order valence-electron chi connectivity index (χ1n) is 7.82. The molecular weight excluding hydrogens is 371 g/mol. The molecule has 0 saturated heterocycles. The van der Waals surface area contributed by atoms with Gasteiger partial charge in [0.15, 0.2) is 0 Å². The largest absolute Gasteiger partial charge is 0.418 e. The molecule has 0 radical (unpaired) electrons. The van der Waals surface area contributed by atoms with Crippen LogP contribution in [0.1, 0.15) is 28.8 Å². The quantitative estimate of drug-likeness (QED) is 0.591. The second-order valence-corrected chi connectivity index (χ2v) is 7.45. The Kier molecular flexibility index (Phi) is 4.08. The predicted molar refractivity (Wildman–Crippen MR) is 93.8 cm³/mol. The van der Waals surface area contributed by atoms with Crippen LogP contribution in [0.4, 0.5) is 24.7 Å². The SMILES string of the molecule is FC(F)(F)c1cc(Cl)ccc1Nc1ncnc2sc3c(c12)CCCC3. The second kappa shape index (κ2) is 6.14. The molecule has 1 aliphatic carbocycles. The van der Waals surface area contributed by atoms with Gasteiger partial charge in [0.25, 0.3) is 0 Å². The number of benzene rings is 1. The van der Waals surface area contributed by atoms with E-state index >= 15 is 0 Å². The number of rotatable bonds is 2. The molecule has 0 saturated carbocycles. The first-order valence-corrected chi connectivity index (χ1v) is 9.02. The maximum Gasteiger partial charge on any atom is 0.418 e. The average Bonchev–Trinajstić information content (AvgIpc) is 2.95. The highest BCUT2D eigenvalue weighted by molar-refractivity contribution is 7.19. The van der Waals surface area contributed by atoms with E-state index in [0.717, 1.165) is 47.5 Å². The lowest BCUT2D eigenvalue weighted by Gasteiger charge is -2.16. The lowest BCUT2D eigenvalue weighted by Crippen LogP contribution is -2.09. The lowest BCUT2D eigenvalue weighted by molar-refractivity contribution is -0.136. The van der Waals surface area contributed by atoms with E-state index in [1.165, 1.54) is 23.3 Å². The van der Waals surface area contributed by atoms with Crippen molar-refractivity contribution < 1.29 is 13.2 Å². The van der Waals surface area contributed by atoms with Crippen molar-refractivity contribution in [1.82, 2.24) is 9.97 Å². The first-order chi connectivity index (χ1) is 11.9. The predicted octanol–water partition coefficient (Wildman–Crippen LogP) is 5.99. The summed E-state index contributed by atoms with van der Waals surface area (Å²) in [6.45, 7) is 0. The Morgan fingerprint density at radius 3 is 2.72 bits per heavy atom. The number of fused-ring (bicyclic) bond motifs is 3. The number of aromatic nitrogens is 2. The topological polar surface area (TPSA) is 37.8 Å². The summed E-state index contributed by atoms with van der Waals surface area (Å²) in [5.41, 5.74) is 0.292. The number of alkyl halides is 3. The van der Waals surface area contributed by atoms with Crippen LogP contribution in [0.3, 0.4) is 0 Å². The highest BCUT2D eigenvalue weighted by Gasteiger charge is 2.34. The van der Waals surface area contributed by atoms with Gasteiger partial charge in [-0.25, -0.2) is 9.97 Å². The van der Waals surface area contributed by atoms with Gasteiger partial charge in [-0.3, -0.25) is 0 Å². The molecule has 1 N–H and O–H groups in total. The smallest absolute Gasteiger partial charge is 0.339 e. The average molecular weight is 384 g/mol.